The summed E-state index contributed by atoms with van der Waals surface area (Å²) in [5, 5.41) is 13.5. The quantitative estimate of drug-likeness (QED) is 0.821. The molecule has 1 unspecified atom stereocenters. The highest BCUT2D eigenvalue weighted by Crippen LogP contribution is 2.21. The summed E-state index contributed by atoms with van der Waals surface area (Å²) in [5.74, 6) is -0.831. The predicted molar refractivity (Wildman–Crippen MR) is 60.7 cm³/mol. The lowest BCUT2D eigenvalue weighted by Gasteiger charge is -2.31. The minimum absolute atomic E-state index is 0.589. The smallest absolute Gasteiger partial charge is 0.325 e. The van der Waals surface area contributed by atoms with Crippen LogP contribution in [0.3, 0.4) is 0 Å². The van der Waals surface area contributed by atoms with Gasteiger partial charge in [-0.1, -0.05) is 0 Å². The van der Waals surface area contributed by atoms with E-state index in [1.54, 1.807) is 17.1 Å². The van der Waals surface area contributed by atoms with Gasteiger partial charge in [-0.25, -0.2) is 0 Å². The molecule has 1 aliphatic heterocycles. The van der Waals surface area contributed by atoms with Gasteiger partial charge in [0, 0.05) is 31.4 Å². The highest BCUT2D eigenvalue weighted by molar-refractivity contribution is 5.75. The molecule has 6 nitrogen and oxygen atoms in total. The van der Waals surface area contributed by atoms with Crippen molar-refractivity contribution in [2.75, 3.05) is 26.3 Å². The van der Waals surface area contributed by atoms with Crippen molar-refractivity contribution >= 4 is 5.97 Å². The lowest BCUT2D eigenvalue weighted by molar-refractivity contribution is -0.145. The number of hydrogen-bond donors (Lipinski definition) is 1. The van der Waals surface area contributed by atoms with Gasteiger partial charge in [-0.05, 0) is 6.92 Å². The summed E-state index contributed by atoms with van der Waals surface area (Å²) in [6.07, 6.45) is 3.44. The minimum Gasteiger partial charge on any atom is -0.480 e. The normalized spacial score (nSPS) is 19.1. The molecule has 6 heteroatoms. The Kier molecular flexibility index (Phi) is 3.75. The van der Waals surface area contributed by atoms with Crippen LogP contribution in [0.15, 0.2) is 12.4 Å². The number of hydrogen-bond acceptors (Lipinski definition) is 4. The Bertz CT molecular complexity index is 385. The number of aromatic nitrogens is 2. The number of aryl methyl sites for hydroxylation is 1. The van der Waals surface area contributed by atoms with Crippen LogP contribution in [0.1, 0.15) is 18.5 Å². The second-order valence-electron chi connectivity index (χ2n) is 4.02. The number of ether oxygens (including phenoxy) is 1. The molecule has 1 aliphatic rings. The monoisotopic (exact) mass is 239 g/mol. The highest BCUT2D eigenvalue weighted by atomic mass is 16.5. The van der Waals surface area contributed by atoms with Crippen LogP contribution in [0.5, 0.6) is 0 Å². The van der Waals surface area contributed by atoms with E-state index in [-0.39, 0.29) is 0 Å². The number of nitrogens with zero attached hydrogens (tertiary/aromatic N) is 3. The third-order valence-corrected chi connectivity index (χ3v) is 2.94. The second kappa shape index (κ2) is 5.29. The van der Waals surface area contributed by atoms with Crippen molar-refractivity contribution in [3.8, 4) is 0 Å². The third kappa shape index (κ3) is 2.65. The largest absolute Gasteiger partial charge is 0.480 e. The molecule has 1 atom stereocenters. The molecule has 1 fully saturated rings. The van der Waals surface area contributed by atoms with Gasteiger partial charge in [0.2, 0.25) is 0 Å². The van der Waals surface area contributed by atoms with Crippen LogP contribution in [0.4, 0.5) is 0 Å². The summed E-state index contributed by atoms with van der Waals surface area (Å²) >= 11 is 0. The van der Waals surface area contributed by atoms with Gasteiger partial charge in [0.25, 0.3) is 0 Å². The Balaban J connectivity index is 2.18. The molecule has 0 bridgehead atoms. The summed E-state index contributed by atoms with van der Waals surface area (Å²) in [6.45, 7) is 5.19. The van der Waals surface area contributed by atoms with Crippen LogP contribution in [-0.2, 0) is 16.1 Å². The highest BCUT2D eigenvalue weighted by Gasteiger charge is 2.29. The van der Waals surface area contributed by atoms with Crippen molar-refractivity contribution in [1.82, 2.24) is 14.7 Å². The molecular formula is C11H17N3O3. The molecule has 0 spiro atoms. The number of carboxylic acids is 1. The zero-order valence-corrected chi connectivity index (χ0v) is 9.87. The second-order valence-corrected chi connectivity index (χ2v) is 4.02. The molecule has 17 heavy (non-hydrogen) atoms. The van der Waals surface area contributed by atoms with Gasteiger partial charge >= 0.3 is 5.97 Å². The maximum Gasteiger partial charge on any atom is 0.325 e. The summed E-state index contributed by atoms with van der Waals surface area (Å²) in [7, 11) is 0. The van der Waals surface area contributed by atoms with E-state index in [1.165, 1.54) is 0 Å². The molecule has 1 aromatic heterocycles. The Hall–Kier alpha value is -1.40. The maximum absolute atomic E-state index is 11.4. The first-order valence-electron chi connectivity index (χ1n) is 5.79. The lowest BCUT2D eigenvalue weighted by Crippen LogP contribution is -2.42. The van der Waals surface area contributed by atoms with Crippen LogP contribution < -0.4 is 0 Å². The number of carboxylic acid groups (broad SMARTS) is 1. The molecule has 0 saturated carbocycles. The van der Waals surface area contributed by atoms with E-state index in [0.29, 0.717) is 26.3 Å². The molecule has 1 aromatic rings. The number of morpholine rings is 1. The molecule has 2 heterocycles. The van der Waals surface area contributed by atoms with Crippen LogP contribution in [0, 0.1) is 0 Å². The van der Waals surface area contributed by atoms with Crippen LogP contribution >= 0.6 is 0 Å². The van der Waals surface area contributed by atoms with Gasteiger partial charge in [0.05, 0.1) is 19.4 Å². The molecule has 0 aromatic carbocycles. The van der Waals surface area contributed by atoms with E-state index >= 15 is 0 Å². The number of carbonyl (C=O) groups is 1. The first kappa shape index (κ1) is 12.1. The fraction of sp³-hybridized carbons (Fsp3) is 0.636. The first-order chi connectivity index (χ1) is 8.22. The van der Waals surface area contributed by atoms with Gasteiger partial charge in [0.15, 0.2) is 0 Å². The van der Waals surface area contributed by atoms with Gasteiger partial charge < -0.3 is 9.84 Å². The Morgan fingerprint density at radius 3 is 2.82 bits per heavy atom. The van der Waals surface area contributed by atoms with Crippen LogP contribution in [0.2, 0.25) is 0 Å². The van der Waals surface area contributed by atoms with E-state index in [4.69, 9.17) is 4.74 Å². The standard InChI is InChI=1S/C11H17N3O3/c1-2-14-8-9(7-12-14)10(11(15)16)13-3-5-17-6-4-13/h7-8,10H,2-6H2,1H3,(H,15,16). The van der Waals surface area contributed by atoms with E-state index in [9.17, 15) is 9.90 Å². The summed E-state index contributed by atoms with van der Waals surface area (Å²) in [6, 6.07) is -0.612. The zero-order chi connectivity index (χ0) is 12.3. The van der Waals surface area contributed by atoms with Gasteiger partial charge in [-0.2, -0.15) is 5.10 Å². The number of rotatable bonds is 4. The Labute approximate surface area is 99.8 Å². The van der Waals surface area contributed by atoms with E-state index in [2.05, 4.69) is 5.10 Å². The van der Waals surface area contributed by atoms with Crippen molar-refractivity contribution in [3.63, 3.8) is 0 Å². The Morgan fingerprint density at radius 1 is 1.59 bits per heavy atom. The van der Waals surface area contributed by atoms with Crippen molar-refractivity contribution < 1.29 is 14.6 Å². The lowest BCUT2D eigenvalue weighted by atomic mass is 10.1. The van der Waals surface area contributed by atoms with E-state index in [0.717, 1.165) is 12.1 Å². The number of aliphatic carboxylic acids is 1. The zero-order valence-electron chi connectivity index (χ0n) is 9.87. The van der Waals surface area contributed by atoms with Crippen LogP contribution in [0.25, 0.3) is 0 Å². The predicted octanol–water partition coefficient (Wildman–Crippen LogP) is 0.361. The molecule has 1 N–H and O–H groups in total. The summed E-state index contributed by atoms with van der Waals surface area (Å²) < 4.78 is 6.98. The molecular weight excluding hydrogens is 222 g/mol. The van der Waals surface area contributed by atoms with Crippen molar-refractivity contribution in [2.45, 2.75) is 19.5 Å². The third-order valence-electron chi connectivity index (χ3n) is 2.94. The average Bonchev–Trinajstić information content (AvgIpc) is 2.79. The SMILES string of the molecule is CCn1cc(C(C(=O)O)N2CCOCC2)cn1. The van der Waals surface area contributed by atoms with E-state index < -0.39 is 12.0 Å². The summed E-state index contributed by atoms with van der Waals surface area (Å²) in [5.41, 5.74) is 0.737. The van der Waals surface area contributed by atoms with E-state index in [1.807, 2.05) is 11.8 Å². The molecule has 2 rings (SSSR count). The molecule has 0 amide bonds. The van der Waals surface area contributed by atoms with Crippen LogP contribution in [-0.4, -0.2) is 52.1 Å². The minimum atomic E-state index is -0.831. The molecule has 94 valence electrons. The summed E-state index contributed by atoms with van der Waals surface area (Å²) in [4.78, 5) is 13.3. The van der Waals surface area contributed by atoms with Crippen molar-refractivity contribution in [1.29, 1.82) is 0 Å². The molecule has 0 radical (unpaired) electrons. The molecule has 1 saturated heterocycles. The fourth-order valence-electron chi connectivity index (χ4n) is 2.04. The Morgan fingerprint density at radius 2 is 2.29 bits per heavy atom. The van der Waals surface area contributed by atoms with Gasteiger partial charge in [-0.3, -0.25) is 14.4 Å². The average molecular weight is 239 g/mol. The van der Waals surface area contributed by atoms with Crippen molar-refractivity contribution in [2.24, 2.45) is 0 Å². The fourth-order valence-corrected chi connectivity index (χ4v) is 2.04. The maximum atomic E-state index is 11.4. The topological polar surface area (TPSA) is 67.6 Å². The van der Waals surface area contributed by atoms with Gasteiger partial charge in [0.1, 0.15) is 6.04 Å². The molecule has 0 aliphatic carbocycles. The van der Waals surface area contributed by atoms with Gasteiger partial charge in [-0.15, -0.1) is 0 Å². The first-order valence-corrected chi connectivity index (χ1v) is 5.79. The van der Waals surface area contributed by atoms with Crippen molar-refractivity contribution in [3.05, 3.63) is 18.0 Å².